The van der Waals surface area contributed by atoms with E-state index in [1.165, 1.54) is 37.7 Å². The maximum Gasteiger partial charge on any atom is 0.254 e. The number of nitrogens with zero attached hydrogens (tertiary/aromatic N) is 2. The van der Waals surface area contributed by atoms with Gasteiger partial charge in [-0.3, -0.25) is 4.79 Å². The lowest BCUT2D eigenvalue weighted by Gasteiger charge is -2.39. The van der Waals surface area contributed by atoms with Crippen molar-refractivity contribution in [3.63, 3.8) is 0 Å². The van der Waals surface area contributed by atoms with Gasteiger partial charge in [-0.05, 0) is 87.0 Å². The van der Waals surface area contributed by atoms with E-state index in [9.17, 15) is 13.2 Å². The summed E-state index contributed by atoms with van der Waals surface area (Å²) in [5.74, 6) is 2.16. The van der Waals surface area contributed by atoms with Crippen LogP contribution in [-0.2, 0) is 10.0 Å². The molecule has 1 amide bonds. The van der Waals surface area contributed by atoms with Crippen LogP contribution in [0.5, 0.6) is 0 Å². The summed E-state index contributed by atoms with van der Waals surface area (Å²) >= 11 is 0. The highest BCUT2D eigenvalue weighted by atomic mass is 32.2. The molecule has 5 nitrogen and oxygen atoms in total. The molecule has 2 atom stereocenters. The predicted octanol–water partition coefficient (Wildman–Crippen LogP) is 3.20. The molecule has 0 radical (unpaired) electrons. The third-order valence-corrected chi connectivity index (χ3v) is 8.93. The Morgan fingerprint density at radius 2 is 1.59 bits per heavy atom. The van der Waals surface area contributed by atoms with Crippen LogP contribution in [-0.4, -0.2) is 50.2 Å². The highest BCUT2D eigenvalue weighted by molar-refractivity contribution is 7.89. The second-order valence-electron chi connectivity index (χ2n) is 9.09. The molecule has 0 aromatic heterocycles. The first-order valence-corrected chi connectivity index (χ1v) is 11.5. The molecule has 4 aliphatic rings. The summed E-state index contributed by atoms with van der Waals surface area (Å²) in [4.78, 5) is 15.8. The topological polar surface area (TPSA) is 57.7 Å². The van der Waals surface area contributed by atoms with Gasteiger partial charge in [-0.25, -0.2) is 12.7 Å². The molecule has 2 aliphatic heterocycles. The van der Waals surface area contributed by atoms with Crippen LogP contribution in [0.3, 0.4) is 0 Å². The van der Waals surface area contributed by atoms with Crippen LogP contribution in [0.25, 0.3) is 0 Å². The summed E-state index contributed by atoms with van der Waals surface area (Å²) in [7, 11) is -0.520. The number of benzene rings is 1. The summed E-state index contributed by atoms with van der Waals surface area (Å²) in [5, 5.41) is 0. The number of hydrogen-bond donors (Lipinski definition) is 0. The Morgan fingerprint density at radius 3 is 2.19 bits per heavy atom. The number of amides is 1. The van der Waals surface area contributed by atoms with E-state index in [1.54, 1.807) is 6.07 Å². The number of carbonyl (C=O) groups is 1. The van der Waals surface area contributed by atoms with Crippen molar-refractivity contribution in [2.24, 2.45) is 17.8 Å². The summed E-state index contributed by atoms with van der Waals surface area (Å²) in [6.45, 7) is 4.53. The van der Waals surface area contributed by atoms with Crippen molar-refractivity contribution in [1.82, 2.24) is 9.21 Å². The van der Waals surface area contributed by atoms with Crippen LogP contribution in [0.2, 0.25) is 0 Å². The lowest BCUT2D eigenvalue weighted by molar-refractivity contribution is 0.0632. The molecule has 2 heterocycles. The summed E-state index contributed by atoms with van der Waals surface area (Å²) < 4.78 is 26.7. The number of fused-ring (bicyclic) bond motifs is 1. The Kier molecular flexibility index (Phi) is 4.62. The largest absolute Gasteiger partial charge is 0.335 e. The molecule has 2 aliphatic carbocycles. The number of aryl methyl sites for hydroxylation is 1. The van der Waals surface area contributed by atoms with Gasteiger partial charge < -0.3 is 4.90 Å². The van der Waals surface area contributed by atoms with E-state index >= 15 is 0 Å². The Labute approximate surface area is 162 Å². The van der Waals surface area contributed by atoms with Gasteiger partial charge in [-0.2, -0.15) is 0 Å². The summed E-state index contributed by atoms with van der Waals surface area (Å²) in [6, 6.07) is 3.78. The van der Waals surface area contributed by atoms with E-state index in [1.807, 2.05) is 19.9 Å². The van der Waals surface area contributed by atoms with Gasteiger partial charge in [-0.15, -0.1) is 0 Å². The fraction of sp³-hybridized carbons (Fsp3) is 0.667. The highest BCUT2D eigenvalue weighted by Crippen LogP contribution is 2.47. The molecule has 1 aromatic carbocycles. The molecule has 2 saturated carbocycles. The van der Waals surface area contributed by atoms with E-state index in [2.05, 4.69) is 4.90 Å². The fourth-order valence-electron chi connectivity index (χ4n) is 5.61. The maximum absolute atomic E-state index is 13.4. The van der Waals surface area contributed by atoms with Gasteiger partial charge in [0.05, 0.1) is 4.90 Å². The first-order chi connectivity index (χ1) is 12.7. The number of rotatable bonds is 3. The smallest absolute Gasteiger partial charge is 0.254 e. The lowest BCUT2D eigenvalue weighted by atomic mass is 9.68. The number of hydrogen-bond acceptors (Lipinski definition) is 3. The van der Waals surface area contributed by atoms with Crippen molar-refractivity contribution in [1.29, 1.82) is 0 Å². The minimum Gasteiger partial charge on any atom is -0.335 e. The summed E-state index contributed by atoms with van der Waals surface area (Å²) in [6.07, 6.45) is 6.08. The van der Waals surface area contributed by atoms with Crippen molar-refractivity contribution in [2.75, 3.05) is 20.6 Å². The SMILES string of the molecule is Cc1cc(C(=O)N2CC3CC4CC(C3)CC2C4)cc(S(=O)(=O)N(C)C)c1C. The Bertz CT molecular complexity index is 864. The Balaban J connectivity index is 1.71. The molecule has 4 bridgehead atoms. The van der Waals surface area contributed by atoms with Crippen LogP contribution < -0.4 is 0 Å². The Hall–Kier alpha value is -1.40. The van der Waals surface area contributed by atoms with Crippen LogP contribution in [0.1, 0.15) is 53.6 Å². The van der Waals surface area contributed by atoms with E-state index in [0.717, 1.165) is 42.3 Å². The van der Waals surface area contributed by atoms with E-state index in [0.29, 0.717) is 17.5 Å². The molecule has 2 unspecified atom stereocenters. The summed E-state index contributed by atoms with van der Waals surface area (Å²) in [5.41, 5.74) is 2.08. The quantitative estimate of drug-likeness (QED) is 0.796. The zero-order valence-electron chi connectivity index (χ0n) is 16.7. The van der Waals surface area contributed by atoms with Crippen LogP contribution >= 0.6 is 0 Å². The predicted molar refractivity (Wildman–Crippen MR) is 105 cm³/mol. The van der Waals surface area contributed by atoms with E-state index in [-0.39, 0.29) is 10.8 Å². The van der Waals surface area contributed by atoms with Gasteiger partial charge in [0.2, 0.25) is 10.0 Å². The standard InChI is InChI=1S/C21H30N2O3S/c1-13-5-18(11-20(14(13)2)27(25,26)22(3)4)21(24)23-12-17-7-15-6-16(8-17)10-19(23)9-15/h5,11,15-17,19H,6-10,12H2,1-4H3. The average Bonchev–Trinajstić information content (AvgIpc) is 2.79. The van der Waals surface area contributed by atoms with Crippen molar-refractivity contribution in [3.05, 3.63) is 28.8 Å². The number of sulfonamides is 1. The fourth-order valence-corrected chi connectivity index (χ4v) is 6.83. The zero-order valence-corrected chi connectivity index (χ0v) is 17.6. The van der Waals surface area contributed by atoms with Crippen molar-refractivity contribution < 1.29 is 13.2 Å². The molecule has 0 spiro atoms. The molecule has 0 N–H and O–H groups in total. The van der Waals surface area contributed by atoms with Gasteiger partial charge in [0, 0.05) is 32.2 Å². The average molecular weight is 391 g/mol. The second kappa shape index (κ2) is 6.59. The van der Waals surface area contributed by atoms with Gasteiger partial charge in [0.25, 0.3) is 5.91 Å². The molecule has 1 aromatic rings. The molecular weight excluding hydrogens is 360 g/mol. The first kappa shape index (κ1) is 18.9. The van der Waals surface area contributed by atoms with Gasteiger partial charge in [0.1, 0.15) is 0 Å². The minimum absolute atomic E-state index is 0.00602. The molecule has 4 fully saturated rings. The van der Waals surface area contributed by atoms with Crippen LogP contribution in [0.4, 0.5) is 0 Å². The second-order valence-corrected chi connectivity index (χ2v) is 11.2. The van der Waals surface area contributed by atoms with Crippen molar-refractivity contribution in [2.45, 2.75) is 56.9 Å². The molecular formula is C21H30N2O3S. The zero-order chi connectivity index (χ0) is 19.5. The normalized spacial score (nSPS) is 30.0. The first-order valence-electron chi connectivity index (χ1n) is 10.0. The third kappa shape index (κ3) is 3.21. The highest BCUT2D eigenvalue weighted by Gasteiger charge is 2.44. The lowest BCUT2D eigenvalue weighted by Crippen LogP contribution is -2.42. The van der Waals surface area contributed by atoms with Gasteiger partial charge in [-0.1, -0.05) is 0 Å². The molecule has 148 valence electrons. The monoisotopic (exact) mass is 390 g/mol. The van der Waals surface area contributed by atoms with Crippen molar-refractivity contribution in [3.8, 4) is 0 Å². The van der Waals surface area contributed by atoms with E-state index in [4.69, 9.17) is 0 Å². The van der Waals surface area contributed by atoms with Gasteiger partial charge in [0.15, 0.2) is 0 Å². The van der Waals surface area contributed by atoms with Crippen LogP contribution in [0.15, 0.2) is 17.0 Å². The molecule has 6 heteroatoms. The maximum atomic E-state index is 13.4. The third-order valence-electron chi connectivity index (χ3n) is 6.99. The molecule has 27 heavy (non-hydrogen) atoms. The number of carbonyl (C=O) groups excluding carboxylic acids is 1. The molecule has 2 saturated heterocycles. The van der Waals surface area contributed by atoms with Crippen LogP contribution in [0, 0.1) is 31.6 Å². The van der Waals surface area contributed by atoms with Crippen molar-refractivity contribution >= 4 is 15.9 Å². The van der Waals surface area contributed by atoms with Gasteiger partial charge >= 0.3 is 0 Å². The van der Waals surface area contributed by atoms with E-state index < -0.39 is 10.0 Å². The molecule has 5 rings (SSSR count). The Morgan fingerprint density at radius 1 is 1.00 bits per heavy atom. The minimum atomic E-state index is -3.58.